The summed E-state index contributed by atoms with van der Waals surface area (Å²) in [6, 6.07) is 0.583. The Morgan fingerprint density at radius 2 is 1.91 bits per heavy atom. The van der Waals surface area contributed by atoms with Crippen molar-refractivity contribution in [3.05, 3.63) is 35.1 Å². The minimum atomic E-state index is -2.98. The lowest BCUT2D eigenvalue weighted by Crippen LogP contribution is -2.03. The molecule has 0 aliphatic carbocycles. The summed E-state index contributed by atoms with van der Waals surface area (Å²) in [6.45, 7) is -2.98. The lowest BCUT2D eigenvalue weighted by molar-refractivity contribution is 0.524. The third-order valence-corrected chi connectivity index (χ3v) is 1.12. The Kier molecular flexibility index (Phi) is 1.09. The first-order valence-electron chi connectivity index (χ1n) is 4.59. The Morgan fingerprint density at radius 3 is 2.36 bits per heavy atom. The van der Waals surface area contributed by atoms with E-state index in [0.29, 0.717) is 12.1 Å². The second-order valence-electron chi connectivity index (χ2n) is 1.86. The van der Waals surface area contributed by atoms with Gasteiger partial charge in [-0.3, -0.25) is 0 Å². The average molecular weight is 166 g/mol. The molecule has 11 heavy (non-hydrogen) atoms. The van der Waals surface area contributed by atoms with Crippen LogP contribution in [0.3, 0.4) is 0 Å². The van der Waals surface area contributed by atoms with Crippen molar-refractivity contribution in [2.75, 3.05) is 0 Å². The molecule has 1 aromatic rings. The molecule has 1 aromatic carbocycles. The van der Waals surface area contributed by atoms with Gasteiger partial charge in [-0.1, -0.05) is 0 Å². The molecule has 0 radical (unpaired) electrons. The van der Waals surface area contributed by atoms with Crippen LogP contribution in [0.15, 0.2) is 12.1 Å². The molecule has 60 valence electrons. The minimum absolute atomic E-state index is 0.291. The molecule has 0 spiro atoms. The second-order valence-corrected chi connectivity index (χ2v) is 1.86. The largest absolute Gasteiger partial charge is 0.326 e. The number of nitrogens with two attached hydrogens (primary N) is 1. The van der Waals surface area contributed by atoms with Crippen molar-refractivity contribution in [3.63, 3.8) is 0 Å². The maximum Gasteiger partial charge on any atom is 0.133 e. The molecule has 2 N–H and O–H groups in total. The highest BCUT2D eigenvalue weighted by Crippen LogP contribution is 2.13. The average Bonchev–Trinajstić information content (AvgIpc) is 2.00. The molecule has 0 atom stereocenters. The van der Waals surface area contributed by atoms with Crippen molar-refractivity contribution in [1.82, 2.24) is 0 Å². The molecule has 0 fully saturated rings. The summed E-state index contributed by atoms with van der Waals surface area (Å²) in [7, 11) is 0. The van der Waals surface area contributed by atoms with Gasteiger partial charge in [0.15, 0.2) is 0 Å². The van der Waals surface area contributed by atoms with Gasteiger partial charge in [-0.2, -0.15) is 0 Å². The third kappa shape index (κ3) is 1.51. The summed E-state index contributed by atoms with van der Waals surface area (Å²) in [6.07, 6.45) is 0. The fraction of sp³-hybridized carbons (Fsp3) is 0.143. The van der Waals surface area contributed by atoms with E-state index in [9.17, 15) is 13.2 Å². The number of hydrogen-bond donors (Lipinski definition) is 1. The summed E-state index contributed by atoms with van der Waals surface area (Å²) in [5.41, 5.74) is -1.65. The monoisotopic (exact) mass is 166 g/mol. The van der Waals surface area contributed by atoms with E-state index in [4.69, 9.17) is 5.57 Å². The first-order valence-corrected chi connectivity index (χ1v) is 2.70. The van der Waals surface area contributed by atoms with E-state index < -0.39 is 35.2 Å². The molecule has 0 aliphatic heterocycles. The standard InChI is InChI=1S/C7H6F3N/c8-4-1-6(9)5(3-11)7(10)2-4/h1-2H,3,11H2/i3D2,11+1/hD2. The van der Waals surface area contributed by atoms with Crippen molar-refractivity contribution < 1.29 is 18.7 Å². The van der Waals surface area contributed by atoms with Gasteiger partial charge in [-0.05, 0) is 0 Å². The molecule has 0 unspecified atom stereocenters. The van der Waals surface area contributed by atoms with Gasteiger partial charge in [0, 0.05) is 26.9 Å². The fourth-order valence-corrected chi connectivity index (χ4v) is 0.649. The summed E-state index contributed by atoms with van der Waals surface area (Å²) in [4.78, 5) is 0. The highest BCUT2D eigenvalue weighted by Gasteiger charge is 2.08. The normalized spacial score (nSPS) is 17.1. The maximum atomic E-state index is 13.1. The van der Waals surface area contributed by atoms with Crippen LogP contribution in [0.1, 0.15) is 8.30 Å². The van der Waals surface area contributed by atoms with Gasteiger partial charge in [0.2, 0.25) is 0 Å². The zero-order valence-electron chi connectivity index (χ0n) is 9.24. The minimum Gasteiger partial charge on any atom is -0.326 e. The van der Waals surface area contributed by atoms with Gasteiger partial charge in [-0.25, -0.2) is 13.2 Å². The molecule has 1 rings (SSSR count). The molecule has 0 aliphatic rings. The molecule has 0 aromatic heterocycles. The van der Waals surface area contributed by atoms with Gasteiger partial charge in [0.1, 0.15) is 20.3 Å². The van der Waals surface area contributed by atoms with Crippen molar-refractivity contribution in [1.29, 1.82) is 0 Å². The van der Waals surface area contributed by atoms with E-state index >= 15 is 0 Å². The molecular formula is C7H6F3N. The number of hydrogen-bond acceptors (Lipinski definition) is 1. The Bertz CT molecular complexity index is 359. The smallest absolute Gasteiger partial charge is 0.133 e. The van der Waals surface area contributed by atoms with Crippen molar-refractivity contribution in [2.45, 2.75) is 6.50 Å². The lowest BCUT2D eigenvalue weighted by Gasteiger charge is -2.00. The van der Waals surface area contributed by atoms with Gasteiger partial charge in [0.25, 0.3) is 0 Å². The topological polar surface area (TPSA) is 26.0 Å². The van der Waals surface area contributed by atoms with E-state index in [-0.39, 0.29) is 0 Å². The molecule has 1 nitrogen and oxygen atoms in total. The molecular weight excluding hydrogens is 156 g/mol. The van der Waals surface area contributed by atoms with Crippen molar-refractivity contribution in [3.8, 4) is 0 Å². The summed E-state index contributed by atoms with van der Waals surface area (Å²) >= 11 is 0. The maximum absolute atomic E-state index is 13.1. The summed E-state index contributed by atoms with van der Waals surface area (Å²) < 4.78 is 66.1. The lowest BCUT2D eigenvalue weighted by atomic mass is 10.2. The van der Waals surface area contributed by atoms with Gasteiger partial charge >= 0.3 is 0 Å². The zero-order chi connectivity index (χ0) is 11.8. The molecule has 0 bridgehead atoms. The molecule has 0 saturated heterocycles. The van der Waals surface area contributed by atoms with E-state index in [2.05, 4.69) is 0 Å². The Balaban J connectivity index is 3.38. The van der Waals surface area contributed by atoms with Crippen LogP contribution in [0.5, 0.6) is 0 Å². The summed E-state index contributed by atoms with van der Waals surface area (Å²) in [5, 5.41) is 0. The van der Waals surface area contributed by atoms with Crippen LogP contribution in [0.4, 0.5) is 13.2 Å². The molecule has 4 heteroatoms. The van der Waals surface area contributed by atoms with E-state index in [0.717, 1.165) is 0 Å². The molecule has 0 saturated carbocycles. The Morgan fingerprint density at radius 1 is 1.36 bits per heavy atom. The van der Waals surface area contributed by atoms with Gasteiger partial charge in [0.05, 0.1) is 0 Å². The van der Waals surface area contributed by atoms with Crippen LogP contribution in [-0.2, 0) is 6.50 Å². The van der Waals surface area contributed by atoms with E-state index in [1.807, 2.05) is 0 Å². The number of halogens is 3. The van der Waals surface area contributed by atoms with E-state index in [1.54, 1.807) is 0 Å². The van der Waals surface area contributed by atoms with Crippen LogP contribution in [0.25, 0.3) is 0 Å². The molecule has 0 heterocycles. The number of benzene rings is 1. The third-order valence-electron chi connectivity index (χ3n) is 1.12. The van der Waals surface area contributed by atoms with Crippen LogP contribution < -0.4 is 5.72 Å². The van der Waals surface area contributed by atoms with Crippen LogP contribution in [-0.4, -0.2) is 0 Å². The highest BCUT2D eigenvalue weighted by atomic mass is 19.1. The van der Waals surface area contributed by atoms with E-state index in [1.165, 1.54) is 0 Å². The first kappa shape index (κ1) is 4.11. The number of rotatable bonds is 2. The highest BCUT2D eigenvalue weighted by molar-refractivity contribution is 5.20. The first-order chi connectivity index (χ1) is 6.76. The zero-order valence-corrected chi connectivity index (χ0v) is 5.24. The van der Waals surface area contributed by atoms with Crippen molar-refractivity contribution in [2.24, 2.45) is 5.72 Å². The second kappa shape index (κ2) is 2.92. The van der Waals surface area contributed by atoms with Crippen LogP contribution >= 0.6 is 0 Å². The van der Waals surface area contributed by atoms with Crippen LogP contribution in [0, 0.1) is 17.5 Å². The van der Waals surface area contributed by atoms with Gasteiger partial charge in [-0.15, -0.1) is 0 Å². The fourth-order valence-electron chi connectivity index (χ4n) is 0.649. The predicted octanol–water partition coefficient (Wildman–Crippen LogP) is 1.56. The molecule has 0 amide bonds. The summed E-state index contributed by atoms with van der Waals surface area (Å²) in [5.74, 6) is -4.13. The van der Waals surface area contributed by atoms with Crippen molar-refractivity contribution >= 4 is 0 Å². The SMILES string of the molecule is [2H][15N]([2H])C([2H])([2H])c1c(F)cc(F)cc1F. The van der Waals surface area contributed by atoms with Crippen LogP contribution in [0.2, 0.25) is 2.82 Å². The quantitative estimate of drug-likeness (QED) is 0.663. The predicted molar refractivity (Wildman–Crippen MR) is 34.2 cm³/mol. The Hall–Kier alpha value is -1.03. The van der Waals surface area contributed by atoms with Gasteiger partial charge < -0.3 is 5.72 Å². The Labute approximate surface area is 67.4 Å².